The zero-order valence-electron chi connectivity index (χ0n) is 6.26. The summed E-state index contributed by atoms with van der Waals surface area (Å²) in [5.74, 6) is 0. The summed E-state index contributed by atoms with van der Waals surface area (Å²) in [5.41, 5.74) is 0. The van der Waals surface area contributed by atoms with Gasteiger partial charge in [-0.3, -0.25) is 4.90 Å². The summed E-state index contributed by atoms with van der Waals surface area (Å²) >= 11 is 0. The van der Waals surface area contributed by atoms with Gasteiger partial charge in [-0.05, 0) is 13.0 Å². The van der Waals surface area contributed by atoms with Gasteiger partial charge >= 0.3 is 0 Å². The Bertz CT molecular complexity index is 81.0. The van der Waals surface area contributed by atoms with Crippen molar-refractivity contribution in [3.8, 4) is 0 Å². The molecule has 54 valence electrons. The van der Waals surface area contributed by atoms with Gasteiger partial charge in [0.25, 0.3) is 0 Å². The second kappa shape index (κ2) is 3.18. The van der Waals surface area contributed by atoms with Gasteiger partial charge in [0.2, 0.25) is 0 Å². The zero-order chi connectivity index (χ0) is 6.69. The van der Waals surface area contributed by atoms with Crippen LogP contribution in [-0.4, -0.2) is 30.8 Å². The van der Waals surface area contributed by atoms with Gasteiger partial charge in [0, 0.05) is 6.54 Å². The summed E-state index contributed by atoms with van der Waals surface area (Å²) in [6.45, 7) is 7.63. The van der Waals surface area contributed by atoms with Gasteiger partial charge in [-0.1, -0.05) is 13.8 Å². The topological polar surface area (TPSA) is 15.8 Å². The van der Waals surface area contributed by atoms with Crippen LogP contribution in [0.15, 0.2) is 0 Å². The molecule has 1 unspecified atom stereocenters. The smallest absolute Gasteiger partial charge is 0.134 e. The Balaban J connectivity index is 2.12. The van der Waals surface area contributed by atoms with Crippen LogP contribution in [0.3, 0.4) is 0 Å². The van der Waals surface area contributed by atoms with Crippen molar-refractivity contribution in [3.05, 3.63) is 0 Å². The number of hydrogen-bond acceptors (Lipinski definition) is 2. The lowest BCUT2D eigenvalue weighted by Crippen LogP contribution is -2.27. The third-order valence-corrected chi connectivity index (χ3v) is 1.64. The summed E-state index contributed by atoms with van der Waals surface area (Å²) < 4.78 is 5.14. The Hall–Kier alpha value is -0.0800. The molecule has 1 rings (SSSR count). The lowest BCUT2D eigenvalue weighted by Gasteiger charge is -2.15. The van der Waals surface area contributed by atoms with Crippen LogP contribution in [0.2, 0.25) is 0 Å². The van der Waals surface area contributed by atoms with Crippen LogP contribution in [0.25, 0.3) is 0 Å². The van der Waals surface area contributed by atoms with Crippen molar-refractivity contribution >= 4 is 0 Å². The Labute approximate surface area is 56.8 Å². The molecule has 0 N–H and O–H groups in total. The van der Waals surface area contributed by atoms with E-state index in [1.54, 1.807) is 0 Å². The number of likely N-dealkylation sites (N-methyl/N-ethyl adjacent to an activating group) is 1. The second-order valence-corrected chi connectivity index (χ2v) is 2.42. The summed E-state index contributed by atoms with van der Waals surface area (Å²) in [7, 11) is 0. The van der Waals surface area contributed by atoms with Crippen molar-refractivity contribution in [2.24, 2.45) is 0 Å². The largest absolute Gasteiger partial charge is 0.357 e. The van der Waals surface area contributed by atoms with Gasteiger partial charge in [-0.15, -0.1) is 0 Å². The molecule has 2 heteroatoms. The van der Waals surface area contributed by atoms with Crippen LogP contribution in [0, 0.1) is 0 Å². The molecule has 0 saturated carbocycles. The lowest BCUT2D eigenvalue weighted by atomic mass is 10.4. The minimum atomic E-state index is 0.468. The fourth-order valence-corrected chi connectivity index (χ4v) is 1.05. The average Bonchev–Trinajstić information content (AvgIpc) is 2.64. The minimum absolute atomic E-state index is 0.468. The first-order valence-electron chi connectivity index (χ1n) is 3.74. The lowest BCUT2D eigenvalue weighted by molar-refractivity contribution is 0.184. The highest BCUT2D eigenvalue weighted by Gasteiger charge is 2.27. The molecule has 1 atom stereocenters. The van der Waals surface area contributed by atoms with E-state index in [0.717, 1.165) is 13.2 Å². The maximum absolute atomic E-state index is 5.14. The van der Waals surface area contributed by atoms with E-state index in [4.69, 9.17) is 4.74 Å². The predicted molar refractivity (Wildman–Crippen MR) is 37.3 cm³/mol. The van der Waals surface area contributed by atoms with E-state index < -0.39 is 0 Å². The Morgan fingerprint density at radius 3 is 2.56 bits per heavy atom. The highest BCUT2D eigenvalue weighted by Crippen LogP contribution is 2.14. The van der Waals surface area contributed by atoms with Crippen molar-refractivity contribution < 1.29 is 4.74 Å². The highest BCUT2D eigenvalue weighted by molar-refractivity contribution is 4.69. The van der Waals surface area contributed by atoms with Crippen LogP contribution >= 0.6 is 0 Å². The second-order valence-electron chi connectivity index (χ2n) is 2.42. The molecule has 1 fully saturated rings. The average molecular weight is 129 g/mol. The third kappa shape index (κ3) is 1.95. The van der Waals surface area contributed by atoms with E-state index in [2.05, 4.69) is 18.7 Å². The zero-order valence-corrected chi connectivity index (χ0v) is 6.26. The van der Waals surface area contributed by atoms with E-state index >= 15 is 0 Å². The molecule has 9 heavy (non-hydrogen) atoms. The van der Waals surface area contributed by atoms with Crippen LogP contribution < -0.4 is 0 Å². The van der Waals surface area contributed by atoms with Gasteiger partial charge in [-0.25, -0.2) is 0 Å². The first kappa shape index (κ1) is 7.03. The fraction of sp³-hybridized carbons (Fsp3) is 1.00. The standard InChI is InChI=1S/C7H15NO/c1-3-5-8(4-2)7-6-9-7/h7H,3-6H2,1-2H3. The van der Waals surface area contributed by atoms with Crippen molar-refractivity contribution in [1.82, 2.24) is 4.90 Å². The van der Waals surface area contributed by atoms with Crippen molar-refractivity contribution in [1.29, 1.82) is 0 Å². The molecule has 0 bridgehead atoms. The SMILES string of the molecule is CCCN(CC)C1CO1. The van der Waals surface area contributed by atoms with E-state index in [0.29, 0.717) is 6.23 Å². The van der Waals surface area contributed by atoms with Gasteiger partial charge in [0.15, 0.2) is 0 Å². The maximum atomic E-state index is 5.14. The molecule has 0 aromatic heterocycles. The molecule has 0 aliphatic carbocycles. The predicted octanol–water partition coefficient (Wildman–Crippen LogP) is 1.07. The molecule has 0 spiro atoms. The molecular weight excluding hydrogens is 114 g/mol. The van der Waals surface area contributed by atoms with Crippen LogP contribution in [0.5, 0.6) is 0 Å². The highest BCUT2D eigenvalue weighted by atomic mass is 16.6. The van der Waals surface area contributed by atoms with E-state index in [-0.39, 0.29) is 0 Å². The van der Waals surface area contributed by atoms with Crippen molar-refractivity contribution in [2.45, 2.75) is 26.5 Å². The van der Waals surface area contributed by atoms with Crippen LogP contribution in [0.1, 0.15) is 20.3 Å². The molecule has 2 nitrogen and oxygen atoms in total. The first-order chi connectivity index (χ1) is 4.38. The summed E-state index contributed by atoms with van der Waals surface area (Å²) in [6.07, 6.45) is 1.70. The van der Waals surface area contributed by atoms with Gasteiger partial charge < -0.3 is 4.74 Å². The summed E-state index contributed by atoms with van der Waals surface area (Å²) in [4.78, 5) is 2.36. The Morgan fingerprint density at radius 2 is 2.22 bits per heavy atom. The quantitative estimate of drug-likeness (QED) is 0.528. The van der Waals surface area contributed by atoms with Crippen molar-refractivity contribution in [3.63, 3.8) is 0 Å². The van der Waals surface area contributed by atoms with Crippen molar-refractivity contribution in [2.75, 3.05) is 19.7 Å². The minimum Gasteiger partial charge on any atom is -0.357 e. The monoisotopic (exact) mass is 129 g/mol. The van der Waals surface area contributed by atoms with E-state index in [1.165, 1.54) is 13.0 Å². The molecule has 0 aromatic rings. The van der Waals surface area contributed by atoms with Gasteiger partial charge in [0.05, 0.1) is 6.61 Å². The molecular formula is C7H15NO. The number of rotatable bonds is 4. The van der Waals surface area contributed by atoms with Crippen LogP contribution in [-0.2, 0) is 4.74 Å². The molecule has 0 amide bonds. The molecule has 0 radical (unpaired) electrons. The summed E-state index contributed by atoms with van der Waals surface area (Å²) in [5, 5.41) is 0. The molecule has 1 heterocycles. The molecule has 1 aliphatic heterocycles. The normalized spacial score (nSPS) is 25.0. The molecule has 1 aliphatic rings. The number of hydrogen-bond donors (Lipinski definition) is 0. The number of ether oxygens (including phenoxy) is 1. The Kier molecular flexibility index (Phi) is 2.49. The maximum Gasteiger partial charge on any atom is 0.134 e. The molecule has 0 aromatic carbocycles. The van der Waals surface area contributed by atoms with E-state index in [1.807, 2.05) is 0 Å². The Morgan fingerprint density at radius 1 is 1.56 bits per heavy atom. The molecule has 1 saturated heterocycles. The van der Waals surface area contributed by atoms with Crippen LogP contribution in [0.4, 0.5) is 0 Å². The fourth-order valence-electron chi connectivity index (χ4n) is 1.05. The van der Waals surface area contributed by atoms with E-state index in [9.17, 15) is 0 Å². The third-order valence-electron chi connectivity index (χ3n) is 1.64. The van der Waals surface area contributed by atoms with Gasteiger partial charge in [0.1, 0.15) is 6.23 Å². The first-order valence-corrected chi connectivity index (χ1v) is 3.74. The number of nitrogens with zero attached hydrogens (tertiary/aromatic N) is 1. The van der Waals surface area contributed by atoms with Gasteiger partial charge in [-0.2, -0.15) is 0 Å². The summed E-state index contributed by atoms with van der Waals surface area (Å²) in [6, 6.07) is 0. The number of epoxide rings is 1.